The van der Waals surface area contributed by atoms with Gasteiger partial charge in [-0.2, -0.15) is 11.3 Å². The van der Waals surface area contributed by atoms with E-state index in [9.17, 15) is 4.79 Å². The van der Waals surface area contributed by atoms with E-state index in [4.69, 9.17) is 0 Å². The standard InChI is InChI=1S/C15H21N3OS3/c1-4-11(2)18(9-13-5-7-20-10-13)14(19)6-8-21-15-17-16-12(3)22-15/h5,7,10-11H,4,6,8-9H2,1-3H3/t11-/m0/s1. The maximum absolute atomic E-state index is 12.5. The SMILES string of the molecule is CC[C@H](C)N(Cc1ccsc1)C(=O)CCSc1nnc(C)s1. The molecule has 0 N–H and O–H groups in total. The Morgan fingerprint density at radius 3 is 2.86 bits per heavy atom. The maximum Gasteiger partial charge on any atom is 0.223 e. The number of hydrogen-bond acceptors (Lipinski definition) is 6. The Kier molecular flexibility index (Phi) is 6.85. The Labute approximate surface area is 144 Å². The normalized spacial score (nSPS) is 12.3. The minimum atomic E-state index is 0.217. The summed E-state index contributed by atoms with van der Waals surface area (Å²) in [5.74, 6) is 0.971. The first kappa shape index (κ1) is 17.4. The molecule has 0 spiro atoms. The van der Waals surface area contributed by atoms with Crippen LogP contribution in [0.3, 0.4) is 0 Å². The highest BCUT2D eigenvalue weighted by Gasteiger charge is 2.19. The van der Waals surface area contributed by atoms with E-state index in [1.54, 1.807) is 34.4 Å². The average molecular weight is 356 g/mol. The van der Waals surface area contributed by atoms with Crippen LogP contribution in [0.25, 0.3) is 0 Å². The molecule has 0 aliphatic heterocycles. The van der Waals surface area contributed by atoms with E-state index in [1.807, 2.05) is 11.8 Å². The highest BCUT2D eigenvalue weighted by atomic mass is 32.2. The number of hydrogen-bond donors (Lipinski definition) is 0. The van der Waals surface area contributed by atoms with Crippen LogP contribution in [0.2, 0.25) is 0 Å². The predicted octanol–water partition coefficient (Wildman–Crippen LogP) is 4.22. The van der Waals surface area contributed by atoms with Gasteiger partial charge >= 0.3 is 0 Å². The topological polar surface area (TPSA) is 46.1 Å². The van der Waals surface area contributed by atoms with E-state index in [-0.39, 0.29) is 11.9 Å². The minimum absolute atomic E-state index is 0.217. The molecule has 0 saturated heterocycles. The fraction of sp³-hybridized carbons (Fsp3) is 0.533. The third-order valence-corrected chi connectivity index (χ3v) is 6.13. The highest BCUT2D eigenvalue weighted by molar-refractivity contribution is 8.01. The lowest BCUT2D eigenvalue weighted by Crippen LogP contribution is -2.37. The lowest BCUT2D eigenvalue weighted by atomic mass is 10.2. The second-order valence-corrected chi connectivity index (χ2v) is 8.40. The van der Waals surface area contributed by atoms with Crippen molar-refractivity contribution in [2.45, 2.75) is 50.5 Å². The molecule has 4 nitrogen and oxygen atoms in total. The number of thiophene rings is 1. The number of thioether (sulfide) groups is 1. The first-order valence-corrected chi connectivity index (χ1v) is 10.1. The summed E-state index contributed by atoms with van der Waals surface area (Å²) in [5.41, 5.74) is 1.21. The minimum Gasteiger partial charge on any atom is -0.336 e. The van der Waals surface area contributed by atoms with Gasteiger partial charge in [0.1, 0.15) is 5.01 Å². The van der Waals surface area contributed by atoms with Crippen molar-refractivity contribution in [1.82, 2.24) is 15.1 Å². The summed E-state index contributed by atoms with van der Waals surface area (Å²) in [6.45, 7) is 6.89. The largest absolute Gasteiger partial charge is 0.336 e. The summed E-state index contributed by atoms with van der Waals surface area (Å²) in [6, 6.07) is 2.35. The molecule has 1 atom stereocenters. The molecule has 7 heteroatoms. The summed E-state index contributed by atoms with van der Waals surface area (Å²) in [6.07, 6.45) is 1.51. The summed E-state index contributed by atoms with van der Waals surface area (Å²) in [4.78, 5) is 14.5. The molecular formula is C15H21N3OS3. The molecule has 0 aliphatic carbocycles. The van der Waals surface area contributed by atoms with Crippen molar-refractivity contribution in [3.05, 3.63) is 27.4 Å². The van der Waals surface area contributed by atoms with Gasteiger partial charge in [-0.15, -0.1) is 10.2 Å². The molecule has 22 heavy (non-hydrogen) atoms. The maximum atomic E-state index is 12.5. The van der Waals surface area contributed by atoms with Gasteiger partial charge in [0, 0.05) is 24.8 Å². The van der Waals surface area contributed by atoms with Crippen LogP contribution >= 0.6 is 34.4 Å². The Morgan fingerprint density at radius 1 is 1.45 bits per heavy atom. The van der Waals surface area contributed by atoms with E-state index in [0.29, 0.717) is 13.0 Å². The molecule has 2 rings (SSSR count). The summed E-state index contributed by atoms with van der Waals surface area (Å²) < 4.78 is 0.943. The van der Waals surface area contributed by atoms with E-state index >= 15 is 0 Å². The zero-order chi connectivity index (χ0) is 15.9. The van der Waals surface area contributed by atoms with Crippen LogP contribution in [0.1, 0.15) is 37.3 Å². The number of amides is 1. The van der Waals surface area contributed by atoms with Crippen molar-refractivity contribution in [2.75, 3.05) is 5.75 Å². The van der Waals surface area contributed by atoms with Gasteiger partial charge < -0.3 is 4.90 Å². The molecule has 1 amide bonds. The Morgan fingerprint density at radius 2 is 2.27 bits per heavy atom. The number of aromatic nitrogens is 2. The van der Waals surface area contributed by atoms with Gasteiger partial charge in [-0.25, -0.2) is 0 Å². The summed E-state index contributed by atoms with van der Waals surface area (Å²) in [5, 5.41) is 13.2. The number of nitrogens with zero attached hydrogens (tertiary/aromatic N) is 3. The molecule has 0 unspecified atom stereocenters. The van der Waals surface area contributed by atoms with Crippen molar-refractivity contribution >= 4 is 40.3 Å². The number of rotatable bonds is 8. The fourth-order valence-electron chi connectivity index (χ4n) is 2.00. The second kappa shape index (κ2) is 8.64. The number of carbonyl (C=O) groups excluding carboxylic acids is 1. The van der Waals surface area contributed by atoms with Crippen molar-refractivity contribution in [1.29, 1.82) is 0 Å². The lowest BCUT2D eigenvalue weighted by molar-refractivity contribution is -0.133. The lowest BCUT2D eigenvalue weighted by Gasteiger charge is -2.28. The quantitative estimate of drug-likeness (QED) is 0.665. The van der Waals surface area contributed by atoms with Gasteiger partial charge in [0.05, 0.1) is 0 Å². The first-order valence-electron chi connectivity index (χ1n) is 7.33. The molecule has 0 aliphatic rings. The number of carbonyl (C=O) groups is 1. The first-order chi connectivity index (χ1) is 10.6. The van der Waals surface area contributed by atoms with E-state index < -0.39 is 0 Å². The Bertz CT molecular complexity index is 583. The Hall–Kier alpha value is -0.920. The molecule has 2 aromatic heterocycles. The van der Waals surface area contributed by atoms with Crippen molar-refractivity contribution < 1.29 is 4.79 Å². The van der Waals surface area contributed by atoms with Crippen LogP contribution in [0, 0.1) is 6.92 Å². The van der Waals surface area contributed by atoms with Crippen molar-refractivity contribution in [2.24, 2.45) is 0 Å². The molecule has 2 aromatic rings. The predicted molar refractivity (Wildman–Crippen MR) is 94.6 cm³/mol. The summed E-state index contributed by atoms with van der Waals surface area (Å²) in [7, 11) is 0. The van der Waals surface area contributed by atoms with Gasteiger partial charge in [0.25, 0.3) is 0 Å². The molecule has 120 valence electrons. The summed E-state index contributed by atoms with van der Waals surface area (Å²) >= 11 is 4.87. The van der Waals surface area contributed by atoms with Gasteiger partial charge in [-0.3, -0.25) is 4.79 Å². The van der Waals surface area contributed by atoms with Crippen LogP contribution in [-0.4, -0.2) is 32.8 Å². The Balaban J connectivity index is 1.87. The fourth-order valence-corrected chi connectivity index (χ4v) is 4.47. The smallest absolute Gasteiger partial charge is 0.223 e. The monoisotopic (exact) mass is 355 g/mol. The van der Waals surface area contributed by atoms with Crippen LogP contribution in [0.15, 0.2) is 21.2 Å². The third kappa shape index (κ3) is 5.07. The zero-order valence-electron chi connectivity index (χ0n) is 13.1. The van der Waals surface area contributed by atoms with Gasteiger partial charge in [0.15, 0.2) is 4.34 Å². The number of aryl methyl sites for hydroxylation is 1. The van der Waals surface area contributed by atoms with E-state index in [2.05, 4.69) is 40.9 Å². The van der Waals surface area contributed by atoms with E-state index in [0.717, 1.165) is 21.5 Å². The third-order valence-electron chi connectivity index (χ3n) is 3.43. The molecule has 0 aromatic carbocycles. The molecule has 0 bridgehead atoms. The van der Waals surface area contributed by atoms with Crippen molar-refractivity contribution in [3.8, 4) is 0 Å². The van der Waals surface area contributed by atoms with Gasteiger partial charge in [0.2, 0.25) is 5.91 Å². The van der Waals surface area contributed by atoms with Crippen LogP contribution in [-0.2, 0) is 11.3 Å². The van der Waals surface area contributed by atoms with Crippen LogP contribution in [0.5, 0.6) is 0 Å². The molecular weight excluding hydrogens is 334 g/mol. The van der Waals surface area contributed by atoms with Gasteiger partial charge in [-0.1, -0.05) is 30.0 Å². The van der Waals surface area contributed by atoms with Gasteiger partial charge in [-0.05, 0) is 42.7 Å². The zero-order valence-corrected chi connectivity index (χ0v) is 15.6. The highest BCUT2D eigenvalue weighted by Crippen LogP contribution is 2.23. The average Bonchev–Trinajstić information content (AvgIpc) is 3.15. The molecule has 0 fully saturated rings. The molecule has 0 saturated carbocycles. The van der Waals surface area contributed by atoms with Crippen LogP contribution < -0.4 is 0 Å². The second-order valence-electron chi connectivity index (χ2n) is 5.10. The van der Waals surface area contributed by atoms with Crippen LogP contribution in [0.4, 0.5) is 0 Å². The molecule has 0 radical (unpaired) electrons. The van der Waals surface area contributed by atoms with E-state index in [1.165, 1.54) is 5.56 Å². The molecule has 2 heterocycles. The van der Waals surface area contributed by atoms with Crippen molar-refractivity contribution in [3.63, 3.8) is 0 Å².